The summed E-state index contributed by atoms with van der Waals surface area (Å²) in [5.41, 5.74) is -1.16. The van der Waals surface area contributed by atoms with Crippen molar-refractivity contribution in [3.05, 3.63) is 33.4 Å². The summed E-state index contributed by atoms with van der Waals surface area (Å²) in [4.78, 5) is 48.1. The van der Waals surface area contributed by atoms with Crippen molar-refractivity contribution in [2.45, 2.75) is 46.1 Å². The summed E-state index contributed by atoms with van der Waals surface area (Å²) in [6, 6.07) is 3.72. The first kappa shape index (κ1) is 27.9. The van der Waals surface area contributed by atoms with Crippen molar-refractivity contribution in [3.63, 3.8) is 0 Å². The SMILES string of the molecule is CCCC(CC(=O)OC)OC(=O)Oc1cc(C=C(C#N)C(=O)N(CC)CC)cc([N+](=O)[O-])c1O. The zero-order valence-electron chi connectivity index (χ0n) is 19.4. The van der Waals surface area contributed by atoms with E-state index < -0.39 is 46.2 Å². The molecule has 0 aliphatic carbocycles. The van der Waals surface area contributed by atoms with Crippen molar-refractivity contribution in [3.8, 4) is 17.6 Å². The second kappa shape index (κ2) is 13.4. The smallest absolute Gasteiger partial charge is 0.499 e. The average Bonchev–Trinajstić information content (AvgIpc) is 2.79. The fraction of sp³-hybridized carbons (Fsp3) is 0.455. The van der Waals surface area contributed by atoms with E-state index >= 15 is 0 Å². The normalized spacial score (nSPS) is 11.7. The molecule has 0 saturated carbocycles. The minimum Gasteiger partial charge on any atom is -0.499 e. The molecule has 1 atom stereocenters. The van der Waals surface area contributed by atoms with Crippen molar-refractivity contribution < 1.29 is 38.6 Å². The van der Waals surface area contributed by atoms with E-state index in [1.54, 1.807) is 26.8 Å². The molecular formula is C22H27N3O9. The summed E-state index contributed by atoms with van der Waals surface area (Å²) in [6.45, 7) is 5.94. The number of nitro benzene ring substituents is 1. The molecule has 0 aliphatic rings. The fourth-order valence-corrected chi connectivity index (χ4v) is 2.95. The third-order valence-electron chi connectivity index (χ3n) is 4.68. The summed E-state index contributed by atoms with van der Waals surface area (Å²) in [5, 5.41) is 31.0. The molecule has 12 heteroatoms. The van der Waals surface area contributed by atoms with Crippen LogP contribution in [0.15, 0.2) is 17.7 Å². The lowest BCUT2D eigenvalue weighted by Crippen LogP contribution is -2.31. The first-order valence-electron chi connectivity index (χ1n) is 10.5. The number of likely N-dealkylation sites (N-methyl/N-ethyl adjacent to an activating group) is 1. The Morgan fingerprint density at radius 3 is 2.41 bits per heavy atom. The summed E-state index contributed by atoms with van der Waals surface area (Å²) in [7, 11) is 1.18. The quantitative estimate of drug-likeness (QED) is 0.124. The van der Waals surface area contributed by atoms with Gasteiger partial charge in [0.2, 0.25) is 5.75 Å². The summed E-state index contributed by atoms with van der Waals surface area (Å²) in [6.07, 6.45) is -0.438. The van der Waals surface area contributed by atoms with E-state index in [4.69, 9.17) is 9.47 Å². The molecule has 12 nitrogen and oxygen atoms in total. The number of ether oxygens (including phenoxy) is 3. The Labute approximate surface area is 196 Å². The van der Waals surface area contributed by atoms with Gasteiger partial charge in [-0.25, -0.2) is 4.79 Å². The minimum atomic E-state index is -1.31. The van der Waals surface area contributed by atoms with Crippen LogP contribution in [0, 0.1) is 21.4 Å². The van der Waals surface area contributed by atoms with E-state index in [1.165, 1.54) is 12.0 Å². The zero-order chi connectivity index (χ0) is 25.8. The Kier molecular flexibility index (Phi) is 11.0. The maximum absolute atomic E-state index is 12.5. The molecule has 1 N–H and O–H groups in total. The van der Waals surface area contributed by atoms with Crippen LogP contribution in [0.2, 0.25) is 0 Å². The van der Waals surface area contributed by atoms with E-state index in [1.807, 2.05) is 0 Å². The third kappa shape index (κ3) is 7.77. The van der Waals surface area contributed by atoms with Crippen LogP contribution in [0.3, 0.4) is 0 Å². The van der Waals surface area contributed by atoms with Gasteiger partial charge in [0.1, 0.15) is 17.7 Å². The van der Waals surface area contributed by atoms with Gasteiger partial charge in [0.25, 0.3) is 5.91 Å². The zero-order valence-corrected chi connectivity index (χ0v) is 19.4. The molecule has 184 valence electrons. The molecule has 1 aromatic rings. The monoisotopic (exact) mass is 477 g/mol. The van der Waals surface area contributed by atoms with Gasteiger partial charge in [-0.05, 0) is 38.0 Å². The lowest BCUT2D eigenvalue weighted by atomic mass is 10.1. The molecule has 1 amide bonds. The lowest BCUT2D eigenvalue weighted by molar-refractivity contribution is -0.385. The number of aromatic hydroxyl groups is 1. The number of methoxy groups -OCH3 is 1. The van der Waals surface area contributed by atoms with E-state index in [2.05, 4.69) is 4.74 Å². The molecule has 0 heterocycles. The number of hydrogen-bond acceptors (Lipinski definition) is 10. The first-order chi connectivity index (χ1) is 16.1. The maximum atomic E-state index is 12.5. The molecule has 1 rings (SSSR count). The number of esters is 1. The van der Waals surface area contributed by atoms with Crippen molar-refractivity contribution in [1.82, 2.24) is 4.90 Å². The summed E-state index contributed by atoms with van der Waals surface area (Å²) >= 11 is 0. The average molecular weight is 477 g/mol. The highest BCUT2D eigenvalue weighted by atomic mass is 16.7. The molecule has 34 heavy (non-hydrogen) atoms. The number of amides is 1. The number of nitriles is 1. The largest absolute Gasteiger partial charge is 0.514 e. The highest BCUT2D eigenvalue weighted by molar-refractivity contribution is 6.01. The molecule has 0 aliphatic heterocycles. The van der Waals surface area contributed by atoms with E-state index in [0.29, 0.717) is 25.9 Å². The molecule has 0 saturated heterocycles. The van der Waals surface area contributed by atoms with Crippen molar-refractivity contribution in [1.29, 1.82) is 5.26 Å². The van der Waals surface area contributed by atoms with Crippen LogP contribution >= 0.6 is 0 Å². The number of carbonyl (C=O) groups is 3. The van der Waals surface area contributed by atoms with E-state index in [9.17, 15) is 34.9 Å². The van der Waals surface area contributed by atoms with Crippen LogP contribution in [-0.4, -0.2) is 59.3 Å². The predicted octanol–water partition coefficient (Wildman–Crippen LogP) is 3.32. The standard InChI is InChI=1S/C22H27N3O9/c1-5-8-16(12-19(26)32-4)33-22(29)34-18-11-14(10-17(20(18)27)25(30)31)9-15(13-23)21(28)24(6-2)7-3/h9-11,16,27H,5-8,12H2,1-4H3. The fourth-order valence-electron chi connectivity index (χ4n) is 2.95. The van der Waals surface area contributed by atoms with Crippen molar-refractivity contribution in [2.24, 2.45) is 0 Å². The van der Waals surface area contributed by atoms with Gasteiger partial charge in [0.05, 0.1) is 18.5 Å². The number of carbonyl (C=O) groups excluding carboxylic acids is 3. The molecule has 0 fully saturated rings. The predicted molar refractivity (Wildman–Crippen MR) is 119 cm³/mol. The number of phenolic OH excluding ortho intramolecular Hbond substituents is 1. The van der Waals surface area contributed by atoms with Gasteiger partial charge in [-0.1, -0.05) is 13.3 Å². The topological polar surface area (TPSA) is 169 Å². The number of nitro groups is 1. The van der Waals surface area contributed by atoms with Gasteiger partial charge >= 0.3 is 17.8 Å². The summed E-state index contributed by atoms with van der Waals surface area (Å²) < 4.78 is 14.6. The highest BCUT2D eigenvalue weighted by Crippen LogP contribution is 2.38. The second-order valence-corrected chi connectivity index (χ2v) is 6.95. The Hall–Kier alpha value is -4.14. The number of benzene rings is 1. The highest BCUT2D eigenvalue weighted by Gasteiger charge is 2.25. The van der Waals surface area contributed by atoms with Crippen LogP contribution in [-0.2, 0) is 19.1 Å². The van der Waals surface area contributed by atoms with Gasteiger partial charge < -0.3 is 24.2 Å². The third-order valence-corrected chi connectivity index (χ3v) is 4.68. The van der Waals surface area contributed by atoms with Gasteiger partial charge in [0.15, 0.2) is 5.75 Å². The van der Waals surface area contributed by atoms with Crippen molar-refractivity contribution >= 4 is 29.8 Å². The number of rotatable bonds is 11. The van der Waals surface area contributed by atoms with Crippen LogP contribution in [0.5, 0.6) is 11.5 Å². The van der Waals surface area contributed by atoms with Gasteiger partial charge in [0, 0.05) is 19.2 Å². The summed E-state index contributed by atoms with van der Waals surface area (Å²) in [5.74, 6) is -2.77. The minimum absolute atomic E-state index is 0.0379. The Morgan fingerprint density at radius 2 is 1.91 bits per heavy atom. The van der Waals surface area contributed by atoms with Crippen molar-refractivity contribution in [2.75, 3.05) is 20.2 Å². The van der Waals surface area contributed by atoms with Gasteiger partial charge in [-0.2, -0.15) is 5.26 Å². The Balaban J connectivity index is 3.32. The Bertz CT molecular complexity index is 994. The molecule has 0 radical (unpaired) electrons. The van der Waals surface area contributed by atoms with Crippen LogP contribution < -0.4 is 4.74 Å². The van der Waals surface area contributed by atoms with Crippen LogP contribution in [0.1, 0.15) is 45.6 Å². The first-order valence-corrected chi connectivity index (χ1v) is 10.5. The van der Waals surface area contributed by atoms with Crippen LogP contribution in [0.4, 0.5) is 10.5 Å². The molecule has 1 unspecified atom stereocenters. The second-order valence-electron chi connectivity index (χ2n) is 6.95. The molecule has 0 aromatic heterocycles. The lowest BCUT2D eigenvalue weighted by Gasteiger charge is -2.18. The van der Waals surface area contributed by atoms with Gasteiger partial charge in [-0.3, -0.25) is 19.7 Å². The molecular weight excluding hydrogens is 450 g/mol. The number of hydrogen-bond donors (Lipinski definition) is 1. The maximum Gasteiger partial charge on any atom is 0.514 e. The number of nitrogens with zero attached hydrogens (tertiary/aromatic N) is 3. The number of phenols is 1. The molecule has 0 spiro atoms. The van der Waals surface area contributed by atoms with Gasteiger partial charge in [-0.15, -0.1) is 0 Å². The van der Waals surface area contributed by atoms with Crippen LogP contribution in [0.25, 0.3) is 6.08 Å². The van der Waals surface area contributed by atoms with E-state index in [-0.39, 0.29) is 17.6 Å². The molecule has 0 bridgehead atoms. The molecule has 1 aromatic carbocycles. The Morgan fingerprint density at radius 1 is 1.26 bits per heavy atom. The van der Waals surface area contributed by atoms with E-state index in [0.717, 1.165) is 18.2 Å².